The second-order valence-electron chi connectivity index (χ2n) is 6.11. The van der Waals surface area contributed by atoms with Gasteiger partial charge in [0, 0.05) is 19.5 Å². The minimum absolute atomic E-state index is 0.110. The van der Waals surface area contributed by atoms with Crippen LogP contribution in [0.5, 0.6) is 0 Å². The summed E-state index contributed by atoms with van der Waals surface area (Å²) >= 11 is 0. The zero-order chi connectivity index (χ0) is 16.4. The molecule has 0 aliphatic rings. The lowest BCUT2D eigenvalue weighted by Crippen LogP contribution is -2.33. The summed E-state index contributed by atoms with van der Waals surface area (Å²) in [7, 11) is 3.36. The normalized spacial score (nSPS) is 12.9. The van der Waals surface area contributed by atoms with Crippen molar-refractivity contribution in [2.45, 2.75) is 46.1 Å². The monoisotopic (exact) mass is 296 g/mol. The molecule has 1 heterocycles. The third-order valence-electron chi connectivity index (χ3n) is 3.04. The summed E-state index contributed by atoms with van der Waals surface area (Å²) in [4.78, 5) is 25.7. The smallest absolute Gasteiger partial charge is 0.360 e. The summed E-state index contributed by atoms with van der Waals surface area (Å²) < 4.78 is 6.52. The number of hydrogen-bond donors (Lipinski definition) is 0. The summed E-state index contributed by atoms with van der Waals surface area (Å²) in [6.07, 6.45) is 0. The van der Waals surface area contributed by atoms with Crippen molar-refractivity contribution in [3.8, 4) is 0 Å². The van der Waals surface area contributed by atoms with Crippen LogP contribution in [-0.2, 0) is 14.9 Å². The predicted octanol–water partition coefficient (Wildman–Crippen LogP) is 1.40. The molecular formula is C14H24N4O3. The van der Waals surface area contributed by atoms with Crippen LogP contribution in [0.25, 0.3) is 0 Å². The van der Waals surface area contributed by atoms with Gasteiger partial charge in [0.2, 0.25) is 5.91 Å². The molecule has 0 saturated carbocycles. The van der Waals surface area contributed by atoms with Crippen LogP contribution in [0.4, 0.5) is 0 Å². The van der Waals surface area contributed by atoms with Crippen molar-refractivity contribution in [1.82, 2.24) is 19.9 Å². The number of rotatable bonds is 4. The molecule has 118 valence electrons. The molecule has 21 heavy (non-hydrogen) atoms. The van der Waals surface area contributed by atoms with Gasteiger partial charge in [-0.1, -0.05) is 26.0 Å². The third-order valence-corrected chi connectivity index (χ3v) is 3.04. The topological polar surface area (TPSA) is 77.3 Å². The maximum Gasteiger partial charge on any atom is 0.360 e. The van der Waals surface area contributed by atoms with E-state index in [2.05, 4.69) is 10.3 Å². The Labute approximate surface area is 125 Å². The molecule has 0 fully saturated rings. The second-order valence-corrected chi connectivity index (χ2v) is 6.11. The quantitative estimate of drug-likeness (QED) is 0.785. The highest BCUT2D eigenvalue weighted by atomic mass is 16.5. The van der Waals surface area contributed by atoms with E-state index in [1.807, 2.05) is 20.8 Å². The fourth-order valence-electron chi connectivity index (χ4n) is 2.08. The SMILES string of the molecule is CCOC(=O)c1nnn(C(C)C(=O)N(C)C)c1C(C)(C)C. The average molecular weight is 296 g/mol. The predicted molar refractivity (Wildman–Crippen MR) is 78.1 cm³/mol. The van der Waals surface area contributed by atoms with Crippen LogP contribution < -0.4 is 0 Å². The Hall–Kier alpha value is -1.92. The van der Waals surface area contributed by atoms with Crippen molar-refractivity contribution in [3.05, 3.63) is 11.4 Å². The molecule has 1 amide bonds. The Kier molecular flexibility index (Phi) is 5.09. The molecule has 7 nitrogen and oxygen atoms in total. The van der Waals surface area contributed by atoms with Crippen LogP contribution >= 0.6 is 0 Å². The van der Waals surface area contributed by atoms with Crippen LogP contribution in [0, 0.1) is 0 Å². The highest BCUT2D eigenvalue weighted by Gasteiger charge is 2.33. The van der Waals surface area contributed by atoms with E-state index in [-0.39, 0.29) is 18.2 Å². The third kappa shape index (κ3) is 3.59. The highest BCUT2D eigenvalue weighted by molar-refractivity contribution is 5.89. The molecule has 0 bridgehead atoms. The average Bonchev–Trinajstić information content (AvgIpc) is 2.81. The van der Waals surface area contributed by atoms with E-state index in [1.165, 1.54) is 9.58 Å². The first-order chi connectivity index (χ1) is 9.61. The van der Waals surface area contributed by atoms with E-state index in [1.54, 1.807) is 27.9 Å². The first-order valence-corrected chi connectivity index (χ1v) is 6.95. The largest absolute Gasteiger partial charge is 0.461 e. The minimum Gasteiger partial charge on any atom is -0.461 e. The Morgan fingerprint density at radius 1 is 1.33 bits per heavy atom. The number of aromatic nitrogens is 3. The standard InChI is InChI=1S/C14H24N4O3/c1-8-21-13(20)10-11(14(3,4)5)18(16-15-10)9(2)12(19)17(6)7/h9H,8H2,1-7H3. The van der Waals surface area contributed by atoms with Gasteiger partial charge in [-0.25, -0.2) is 9.48 Å². The van der Waals surface area contributed by atoms with E-state index in [9.17, 15) is 9.59 Å². The van der Waals surface area contributed by atoms with Crippen molar-refractivity contribution in [2.24, 2.45) is 0 Å². The molecule has 0 aromatic carbocycles. The summed E-state index contributed by atoms with van der Waals surface area (Å²) in [5.41, 5.74) is 0.373. The van der Waals surface area contributed by atoms with Crippen LogP contribution in [-0.4, -0.2) is 52.5 Å². The molecule has 1 atom stereocenters. The van der Waals surface area contributed by atoms with Crippen LogP contribution in [0.15, 0.2) is 0 Å². The lowest BCUT2D eigenvalue weighted by atomic mass is 9.90. The molecule has 0 radical (unpaired) electrons. The molecule has 1 aromatic heterocycles. The molecule has 1 unspecified atom stereocenters. The van der Waals surface area contributed by atoms with E-state index in [0.717, 1.165) is 0 Å². The first kappa shape index (κ1) is 17.1. The lowest BCUT2D eigenvalue weighted by molar-refractivity contribution is -0.132. The molecule has 1 rings (SSSR count). The molecule has 0 aliphatic carbocycles. The van der Waals surface area contributed by atoms with Crippen molar-refractivity contribution >= 4 is 11.9 Å². The Morgan fingerprint density at radius 3 is 2.33 bits per heavy atom. The van der Waals surface area contributed by atoms with Crippen LogP contribution in [0.3, 0.4) is 0 Å². The van der Waals surface area contributed by atoms with E-state index >= 15 is 0 Å². The van der Waals surface area contributed by atoms with Gasteiger partial charge in [0.1, 0.15) is 6.04 Å². The summed E-state index contributed by atoms with van der Waals surface area (Å²) in [6, 6.07) is -0.537. The number of nitrogens with zero attached hydrogens (tertiary/aromatic N) is 4. The summed E-state index contributed by atoms with van der Waals surface area (Å²) in [5.74, 6) is -0.626. The number of carbonyl (C=O) groups is 2. The molecule has 1 aromatic rings. The first-order valence-electron chi connectivity index (χ1n) is 6.95. The zero-order valence-electron chi connectivity index (χ0n) is 13.8. The van der Waals surface area contributed by atoms with Crippen LogP contribution in [0.2, 0.25) is 0 Å². The van der Waals surface area contributed by atoms with E-state index in [4.69, 9.17) is 4.74 Å². The van der Waals surface area contributed by atoms with Gasteiger partial charge in [0.25, 0.3) is 0 Å². The van der Waals surface area contributed by atoms with Gasteiger partial charge in [-0.15, -0.1) is 5.10 Å². The Bertz CT molecular complexity index is 529. The van der Waals surface area contributed by atoms with Crippen LogP contribution in [0.1, 0.15) is 56.8 Å². The van der Waals surface area contributed by atoms with Gasteiger partial charge in [-0.3, -0.25) is 4.79 Å². The molecule has 0 aliphatic heterocycles. The molecule has 0 N–H and O–H groups in total. The van der Waals surface area contributed by atoms with Crippen molar-refractivity contribution in [3.63, 3.8) is 0 Å². The fourth-order valence-corrected chi connectivity index (χ4v) is 2.08. The van der Waals surface area contributed by atoms with Gasteiger partial charge in [0.05, 0.1) is 12.3 Å². The Morgan fingerprint density at radius 2 is 1.90 bits per heavy atom. The van der Waals surface area contributed by atoms with Crippen molar-refractivity contribution in [2.75, 3.05) is 20.7 Å². The molecule has 0 saturated heterocycles. The number of esters is 1. The molecule has 7 heteroatoms. The van der Waals surface area contributed by atoms with Gasteiger partial charge >= 0.3 is 5.97 Å². The van der Waals surface area contributed by atoms with Gasteiger partial charge in [-0.05, 0) is 13.8 Å². The van der Waals surface area contributed by atoms with Crippen molar-refractivity contribution < 1.29 is 14.3 Å². The highest BCUT2D eigenvalue weighted by Crippen LogP contribution is 2.27. The maximum absolute atomic E-state index is 12.1. The number of ether oxygens (including phenoxy) is 1. The number of carbonyl (C=O) groups excluding carboxylic acids is 2. The summed E-state index contributed by atoms with van der Waals surface area (Å²) in [5, 5.41) is 7.94. The Balaban J connectivity index is 3.35. The number of hydrogen-bond acceptors (Lipinski definition) is 5. The van der Waals surface area contributed by atoms with Gasteiger partial charge in [0.15, 0.2) is 5.69 Å². The maximum atomic E-state index is 12.1. The zero-order valence-corrected chi connectivity index (χ0v) is 13.8. The van der Waals surface area contributed by atoms with E-state index < -0.39 is 17.4 Å². The van der Waals surface area contributed by atoms with E-state index in [0.29, 0.717) is 5.69 Å². The molecular weight excluding hydrogens is 272 g/mol. The van der Waals surface area contributed by atoms with Gasteiger partial charge < -0.3 is 9.64 Å². The molecule has 0 spiro atoms. The van der Waals surface area contributed by atoms with Gasteiger partial charge in [-0.2, -0.15) is 0 Å². The summed E-state index contributed by atoms with van der Waals surface area (Å²) in [6.45, 7) is 9.56. The number of amides is 1. The minimum atomic E-state index is -0.537. The lowest BCUT2D eigenvalue weighted by Gasteiger charge is -2.24. The second kappa shape index (κ2) is 6.24. The van der Waals surface area contributed by atoms with Crippen molar-refractivity contribution in [1.29, 1.82) is 0 Å². The number of likely N-dealkylation sites (N-methyl/N-ethyl adjacent to an activating group) is 1. The fraction of sp³-hybridized carbons (Fsp3) is 0.714.